The first-order valence-corrected chi connectivity index (χ1v) is 8.71. The molecule has 0 unspecified atom stereocenters. The Balaban J connectivity index is 2.47. The Morgan fingerprint density at radius 3 is 2.20 bits per heavy atom. The van der Waals surface area contributed by atoms with E-state index in [1.165, 1.54) is 0 Å². The number of benzene rings is 2. The van der Waals surface area contributed by atoms with Crippen LogP contribution < -0.4 is 10.5 Å². The first-order chi connectivity index (χ1) is 9.31. The molecule has 0 saturated heterocycles. The van der Waals surface area contributed by atoms with Gasteiger partial charge in [0.1, 0.15) is 0 Å². The molecule has 0 spiro atoms. The van der Waals surface area contributed by atoms with Crippen LogP contribution in [0, 0.1) is 6.92 Å². The van der Waals surface area contributed by atoms with Gasteiger partial charge in [0.25, 0.3) is 10.0 Å². The topological polar surface area (TPSA) is 72.2 Å². The molecule has 2 aromatic rings. The molecule has 0 aromatic heterocycles. The molecule has 2 aromatic carbocycles. The van der Waals surface area contributed by atoms with Crippen LogP contribution in [0.5, 0.6) is 0 Å². The lowest BCUT2D eigenvalue weighted by molar-refractivity contribution is 0.600. The predicted molar refractivity (Wildman–Crippen MR) is 88.2 cm³/mol. The maximum Gasteiger partial charge on any atom is 0.262 e. The van der Waals surface area contributed by atoms with Crippen molar-refractivity contribution in [2.24, 2.45) is 0 Å². The van der Waals surface area contributed by atoms with Crippen molar-refractivity contribution in [1.82, 2.24) is 0 Å². The third-order valence-corrected chi connectivity index (χ3v) is 5.44. The second-order valence-corrected chi connectivity index (χ2v) is 7.59. The van der Waals surface area contributed by atoms with E-state index in [9.17, 15) is 8.42 Å². The van der Waals surface area contributed by atoms with Gasteiger partial charge < -0.3 is 5.73 Å². The number of halogens is 2. The highest BCUT2D eigenvalue weighted by Gasteiger charge is 2.19. The Hall–Kier alpha value is -1.05. The number of aryl methyl sites for hydroxylation is 1. The van der Waals surface area contributed by atoms with Crippen LogP contribution in [0.4, 0.5) is 11.4 Å². The number of rotatable bonds is 3. The van der Waals surface area contributed by atoms with Crippen molar-refractivity contribution in [3.05, 3.63) is 50.9 Å². The zero-order valence-corrected chi connectivity index (χ0v) is 14.5. The Labute approximate surface area is 134 Å². The summed E-state index contributed by atoms with van der Waals surface area (Å²) in [5.41, 5.74) is 7.32. The lowest BCUT2D eigenvalue weighted by atomic mass is 10.2. The van der Waals surface area contributed by atoms with Crippen molar-refractivity contribution in [3.63, 3.8) is 0 Å². The lowest BCUT2D eigenvalue weighted by Gasteiger charge is -2.13. The predicted octanol–water partition coefficient (Wildman–Crippen LogP) is 3.90. The van der Waals surface area contributed by atoms with Crippen molar-refractivity contribution in [1.29, 1.82) is 0 Å². The van der Waals surface area contributed by atoms with Crippen LogP contribution in [-0.4, -0.2) is 8.42 Å². The summed E-state index contributed by atoms with van der Waals surface area (Å²) in [4.78, 5) is 0.246. The van der Waals surface area contributed by atoms with Crippen molar-refractivity contribution in [2.75, 3.05) is 10.5 Å². The summed E-state index contributed by atoms with van der Waals surface area (Å²) >= 11 is 6.61. The molecular formula is C13H12Br2N2O2S. The van der Waals surface area contributed by atoms with Gasteiger partial charge in [-0.25, -0.2) is 8.42 Å². The largest absolute Gasteiger partial charge is 0.399 e. The van der Waals surface area contributed by atoms with E-state index in [1.54, 1.807) is 43.3 Å². The molecule has 0 fully saturated rings. The molecule has 106 valence electrons. The molecule has 0 aliphatic heterocycles. The van der Waals surface area contributed by atoms with Crippen LogP contribution in [0.3, 0.4) is 0 Å². The molecule has 0 atom stereocenters. The van der Waals surface area contributed by atoms with Gasteiger partial charge in [-0.3, -0.25) is 4.72 Å². The second-order valence-electron chi connectivity index (χ2n) is 4.23. The molecule has 0 bridgehead atoms. The minimum atomic E-state index is -3.65. The van der Waals surface area contributed by atoms with Crippen LogP contribution in [0.2, 0.25) is 0 Å². The van der Waals surface area contributed by atoms with E-state index in [1.807, 2.05) is 0 Å². The quantitative estimate of drug-likeness (QED) is 0.741. The zero-order valence-electron chi connectivity index (χ0n) is 10.5. The number of nitrogens with one attached hydrogen (secondary N) is 1. The van der Waals surface area contributed by atoms with Gasteiger partial charge in [-0.15, -0.1) is 0 Å². The summed E-state index contributed by atoms with van der Waals surface area (Å²) in [7, 11) is -3.65. The van der Waals surface area contributed by atoms with E-state index in [2.05, 4.69) is 36.6 Å². The maximum absolute atomic E-state index is 12.4. The Kier molecular flexibility index (Phi) is 4.41. The SMILES string of the molecule is Cc1ccccc1S(=O)(=O)Nc1c(Br)cc(N)cc1Br. The Morgan fingerprint density at radius 1 is 1.10 bits per heavy atom. The average molecular weight is 420 g/mol. The third kappa shape index (κ3) is 3.16. The van der Waals surface area contributed by atoms with Crippen molar-refractivity contribution in [3.8, 4) is 0 Å². The van der Waals surface area contributed by atoms with Crippen LogP contribution in [0.15, 0.2) is 50.2 Å². The number of sulfonamides is 1. The standard InChI is InChI=1S/C13H12Br2N2O2S/c1-8-4-2-3-5-12(8)20(18,19)17-13-10(14)6-9(16)7-11(13)15/h2-7,17H,16H2,1H3. The van der Waals surface area contributed by atoms with Gasteiger partial charge in [0.05, 0.1) is 10.6 Å². The normalized spacial score (nSPS) is 11.3. The van der Waals surface area contributed by atoms with Gasteiger partial charge >= 0.3 is 0 Å². The average Bonchev–Trinajstić information content (AvgIpc) is 2.34. The van der Waals surface area contributed by atoms with Crippen LogP contribution >= 0.6 is 31.9 Å². The summed E-state index contributed by atoms with van der Waals surface area (Å²) in [6.07, 6.45) is 0. The van der Waals surface area contributed by atoms with E-state index in [4.69, 9.17) is 5.73 Å². The van der Waals surface area contributed by atoms with E-state index in [-0.39, 0.29) is 4.90 Å². The van der Waals surface area contributed by atoms with Crippen LogP contribution in [0.25, 0.3) is 0 Å². The van der Waals surface area contributed by atoms with Gasteiger partial charge in [-0.2, -0.15) is 0 Å². The molecule has 0 saturated carbocycles. The van der Waals surface area contributed by atoms with E-state index < -0.39 is 10.0 Å². The fourth-order valence-corrected chi connectivity index (χ4v) is 4.77. The van der Waals surface area contributed by atoms with Crippen molar-refractivity contribution >= 4 is 53.3 Å². The Bertz CT molecular complexity index is 738. The van der Waals surface area contributed by atoms with E-state index in [0.29, 0.717) is 25.9 Å². The molecule has 2 rings (SSSR count). The zero-order chi connectivity index (χ0) is 14.9. The van der Waals surface area contributed by atoms with Gasteiger partial charge in [0.2, 0.25) is 0 Å². The lowest BCUT2D eigenvalue weighted by Crippen LogP contribution is -2.15. The van der Waals surface area contributed by atoms with Crippen molar-refractivity contribution < 1.29 is 8.42 Å². The van der Waals surface area contributed by atoms with Crippen molar-refractivity contribution in [2.45, 2.75) is 11.8 Å². The molecule has 0 radical (unpaired) electrons. The van der Waals surface area contributed by atoms with Gasteiger partial charge in [0.15, 0.2) is 0 Å². The number of hydrogen-bond donors (Lipinski definition) is 2. The third-order valence-electron chi connectivity index (χ3n) is 2.68. The van der Waals surface area contributed by atoms with E-state index in [0.717, 1.165) is 0 Å². The van der Waals surface area contributed by atoms with E-state index >= 15 is 0 Å². The summed E-state index contributed by atoms with van der Waals surface area (Å²) in [5.74, 6) is 0. The molecule has 0 aliphatic carbocycles. The molecule has 20 heavy (non-hydrogen) atoms. The van der Waals surface area contributed by atoms with Crippen LogP contribution in [0.1, 0.15) is 5.56 Å². The van der Waals surface area contributed by atoms with Crippen LogP contribution in [-0.2, 0) is 10.0 Å². The summed E-state index contributed by atoms with van der Waals surface area (Å²) in [5, 5.41) is 0. The van der Waals surface area contributed by atoms with Gasteiger partial charge in [-0.1, -0.05) is 18.2 Å². The molecule has 4 nitrogen and oxygen atoms in total. The molecular weight excluding hydrogens is 408 g/mol. The molecule has 0 heterocycles. The minimum Gasteiger partial charge on any atom is -0.399 e. The number of nitrogens with two attached hydrogens (primary N) is 1. The first kappa shape index (κ1) is 15.3. The molecule has 0 amide bonds. The summed E-state index contributed by atoms with van der Waals surface area (Å²) in [6, 6.07) is 10.1. The maximum atomic E-state index is 12.4. The first-order valence-electron chi connectivity index (χ1n) is 5.64. The highest BCUT2D eigenvalue weighted by molar-refractivity contribution is 9.11. The fraction of sp³-hybridized carbons (Fsp3) is 0.0769. The molecule has 7 heteroatoms. The van der Waals surface area contributed by atoms with Gasteiger partial charge in [0, 0.05) is 14.6 Å². The number of nitrogen functional groups attached to an aromatic ring is 1. The Morgan fingerprint density at radius 2 is 1.65 bits per heavy atom. The highest BCUT2D eigenvalue weighted by atomic mass is 79.9. The fourth-order valence-electron chi connectivity index (χ4n) is 1.74. The second kappa shape index (κ2) is 5.75. The molecule has 0 aliphatic rings. The summed E-state index contributed by atoms with van der Waals surface area (Å²) in [6.45, 7) is 1.75. The minimum absolute atomic E-state index is 0.246. The highest BCUT2D eigenvalue weighted by Crippen LogP contribution is 2.35. The monoisotopic (exact) mass is 418 g/mol. The number of hydrogen-bond acceptors (Lipinski definition) is 3. The number of anilines is 2. The van der Waals surface area contributed by atoms with Gasteiger partial charge in [-0.05, 0) is 62.5 Å². The molecule has 3 N–H and O–H groups in total. The summed E-state index contributed by atoms with van der Waals surface area (Å²) < 4.78 is 28.6. The smallest absolute Gasteiger partial charge is 0.262 e.